The maximum atomic E-state index is 12.8. The Morgan fingerprint density at radius 3 is 2.23 bits per heavy atom. The molecule has 3 rings (SSSR count). The molecule has 0 aliphatic heterocycles. The molecule has 2 unspecified atom stereocenters. The topological polar surface area (TPSA) is 70.7 Å². The molecule has 0 aromatic heterocycles. The molecule has 30 heavy (non-hydrogen) atoms. The van der Waals surface area contributed by atoms with Crippen LogP contribution in [-0.2, 0) is 9.59 Å². The van der Waals surface area contributed by atoms with Crippen LogP contribution in [0.15, 0.2) is 72.8 Å². The van der Waals surface area contributed by atoms with Crippen LogP contribution in [0.4, 0.5) is 0 Å². The molecule has 2 N–H and O–H groups in total. The van der Waals surface area contributed by atoms with E-state index in [2.05, 4.69) is 10.9 Å². The van der Waals surface area contributed by atoms with Gasteiger partial charge >= 0.3 is 0 Å². The maximum Gasteiger partial charge on any atom is 0.279 e. The summed E-state index contributed by atoms with van der Waals surface area (Å²) in [6, 6.07) is 22.5. The van der Waals surface area contributed by atoms with Crippen LogP contribution in [0.25, 0.3) is 10.8 Å². The van der Waals surface area contributed by atoms with E-state index in [9.17, 15) is 9.59 Å². The highest BCUT2D eigenvalue weighted by atomic mass is 16.5. The van der Waals surface area contributed by atoms with E-state index in [1.54, 1.807) is 6.92 Å². The summed E-state index contributed by atoms with van der Waals surface area (Å²) in [6.45, 7) is 4.30. The summed E-state index contributed by atoms with van der Waals surface area (Å²) in [7, 11) is 1.87. The van der Waals surface area contributed by atoms with E-state index >= 15 is 0 Å². The zero-order valence-corrected chi connectivity index (χ0v) is 17.5. The number of carbonyl (C=O) groups excluding carboxylic acids is 2. The van der Waals surface area contributed by atoms with Crippen LogP contribution in [0.5, 0.6) is 5.75 Å². The van der Waals surface area contributed by atoms with E-state index in [1.165, 1.54) is 0 Å². The fraction of sp³-hybridized carbons (Fsp3) is 0.250. The minimum absolute atomic E-state index is 0.309. The van der Waals surface area contributed by atoms with Crippen LogP contribution in [-0.4, -0.2) is 36.4 Å². The van der Waals surface area contributed by atoms with E-state index in [-0.39, 0.29) is 5.91 Å². The fourth-order valence-electron chi connectivity index (χ4n) is 3.22. The second-order valence-corrected chi connectivity index (χ2v) is 7.13. The lowest BCUT2D eigenvalue weighted by molar-refractivity contribution is -0.134. The molecule has 0 aliphatic carbocycles. The lowest BCUT2D eigenvalue weighted by Crippen LogP contribution is -2.50. The Morgan fingerprint density at radius 2 is 1.53 bits per heavy atom. The highest BCUT2D eigenvalue weighted by Gasteiger charge is 2.25. The van der Waals surface area contributed by atoms with Gasteiger partial charge in [0.15, 0.2) is 6.10 Å². The molecule has 3 aromatic rings. The molecule has 2 atom stereocenters. The largest absolute Gasteiger partial charge is 0.481 e. The number of hydrogen-bond acceptors (Lipinski definition) is 4. The average molecular weight is 405 g/mol. The zero-order valence-electron chi connectivity index (χ0n) is 17.5. The first-order valence-electron chi connectivity index (χ1n) is 10.00. The number of likely N-dealkylation sites (N-methyl/N-ethyl adjacent to an activating group) is 1. The van der Waals surface area contributed by atoms with Gasteiger partial charge in [-0.05, 0) is 49.0 Å². The number of nitrogens with one attached hydrogen (secondary N) is 2. The lowest BCUT2D eigenvalue weighted by atomic mass is 10.1. The van der Waals surface area contributed by atoms with E-state index in [1.807, 2.05) is 91.7 Å². The first kappa shape index (κ1) is 21.3. The van der Waals surface area contributed by atoms with Crippen molar-refractivity contribution in [1.82, 2.24) is 15.8 Å². The number of ether oxygens (including phenoxy) is 1. The number of rotatable bonds is 7. The first-order valence-corrected chi connectivity index (χ1v) is 10.00. The van der Waals surface area contributed by atoms with Gasteiger partial charge in [-0.2, -0.15) is 0 Å². The summed E-state index contributed by atoms with van der Waals surface area (Å²) in [6.07, 6.45) is -0.773. The molecule has 0 heterocycles. The van der Waals surface area contributed by atoms with E-state index in [4.69, 9.17) is 4.74 Å². The minimum Gasteiger partial charge on any atom is -0.481 e. The Balaban J connectivity index is 1.60. The zero-order chi connectivity index (χ0) is 21.5. The SMILES string of the molecule is CCN(C)C(C(=O)NNC(=O)C(C)Oc1ccc2ccccc2c1)c1ccccc1. The number of fused-ring (bicyclic) bond motifs is 1. The van der Waals surface area contributed by atoms with Crippen molar-refractivity contribution in [3.63, 3.8) is 0 Å². The van der Waals surface area contributed by atoms with Gasteiger partial charge in [-0.3, -0.25) is 25.3 Å². The second kappa shape index (κ2) is 9.89. The van der Waals surface area contributed by atoms with Gasteiger partial charge in [0.25, 0.3) is 11.8 Å². The molecule has 0 fully saturated rings. The van der Waals surface area contributed by atoms with Crippen molar-refractivity contribution in [3.8, 4) is 5.75 Å². The number of nitrogens with zero attached hydrogens (tertiary/aromatic N) is 1. The van der Waals surface area contributed by atoms with Crippen molar-refractivity contribution in [1.29, 1.82) is 0 Å². The lowest BCUT2D eigenvalue weighted by Gasteiger charge is -2.26. The standard InChI is InChI=1S/C24H27N3O3/c1-4-27(3)22(19-11-6-5-7-12-19)24(29)26-25-23(28)17(2)30-21-15-14-18-10-8-9-13-20(18)16-21/h5-17,22H,4H2,1-3H3,(H,25,28)(H,26,29). The number of benzene rings is 3. The third-order valence-corrected chi connectivity index (χ3v) is 5.02. The number of amides is 2. The molecule has 0 bridgehead atoms. The summed E-state index contributed by atoms with van der Waals surface area (Å²) in [4.78, 5) is 27.1. The van der Waals surface area contributed by atoms with Gasteiger partial charge in [0.2, 0.25) is 0 Å². The summed E-state index contributed by atoms with van der Waals surface area (Å²) in [5, 5.41) is 2.13. The van der Waals surface area contributed by atoms with Gasteiger partial charge in [-0.25, -0.2) is 0 Å². The third kappa shape index (κ3) is 5.15. The molecule has 0 radical (unpaired) electrons. The van der Waals surface area contributed by atoms with E-state index in [0.717, 1.165) is 16.3 Å². The molecule has 0 aliphatic rings. The highest BCUT2D eigenvalue weighted by molar-refractivity contribution is 5.88. The van der Waals surface area contributed by atoms with E-state index < -0.39 is 18.1 Å². The van der Waals surface area contributed by atoms with Crippen LogP contribution >= 0.6 is 0 Å². The maximum absolute atomic E-state index is 12.8. The van der Waals surface area contributed by atoms with Gasteiger partial charge < -0.3 is 4.74 Å². The Labute approximate surface area is 176 Å². The van der Waals surface area contributed by atoms with Crippen molar-refractivity contribution in [2.75, 3.05) is 13.6 Å². The van der Waals surface area contributed by atoms with Gasteiger partial charge in [-0.15, -0.1) is 0 Å². The van der Waals surface area contributed by atoms with Crippen LogP contribution in [0.3, 0.4) is 0 Å². The highest BCUT2D eigenvalue weighted by Crippen LogP contribution is 2.22. The smallest absolute Gasteiger partial charge is 0.279 e. The predicted molar refractivity (Wildman–Crippen MR) is 118 cm³/mol. The fourth-order valence-corrected chi connectivity index (χ4v) is 3.22. The molecule has 0 saturated carbocycles. The average Bonchev–Trinajstić information content (AvgIpc) is 2.78. The van der Waals surface area contributed by atoms with Crippen molar-refractivity contribution in [3.05, 3.63) is 78.4 Å². The van der Waals surface area contributed by atoms with Crippen molar-refractivity contribution >= 4 is 22.6 Å². The monoisotopic (exact) mass is 405 g/mol. The van der Waals surface area contributed by atoms with Crippen LogP contribution in [0, 0.1) is 0 Å². The quantitative estimate of drug-likeness (QED) is 0.591. The molecule has 6 heteroatoms. The van der Waals surface area contributed by atoms with Gasteiger partial charge in [-0.1, -0.05) is 67.6 Å². The van der Waals surface area contributed by atoms with Gasteiger partial charge in [0.1, 0.15) is 11.8 Å². The second-order valence-electron chi connectivity index (χ2n) is 7.13. The summed E-state index contributed by atoms with van der Waals surface area (Å²) in [5.41, 5.74) is 5.87. The Hall–Kier alpha value is -3.38. The molecule has 3 aromatic carbocycles. The van der Waals surface area contributed by atoms with Crippen molar-refractivity contribution < 1.29 is 14.3 Å². The number of hydrogen-bond donors (Lipinski definition) is 2. The molecular formula is C24H27N3O3. The molecular weight excluding hydrogens is 378 g/mol. The Bertz CT molecular complexity index is 1010. The van der Waals surface area contributed by atoms with Gasteiger partial charge in [0, 0.05) is 0 Å². The van der Waals surface area contributed by atoms with Crippen LogP contribution in [0.1, 0.15) is 25.5 Å². The van der Waals surface area contributed by atoms with E-state index in [0.29, 0.717) is 12.3 Å². The third-order valence-electron chi connectivity index (χ3n) is 5.02. The van der Waals surface area contributed by atoms with Gasteiger partial charge in [0.05, 0.1) is 0 Å². The van der Waals surface area contributed by atoms with Crippen molar-refractivity contribution in [2.24, 2.45) is 0 Å². The number of hydrazine groups is 1. The molecule has 0 saturated heterocycles. The molecule has 156 valence electrons. The van der Waals surface area contributed by atoms with Crippen molar-refractivity contribution in [2.45, 2.75) is 26.0 Å². The number of carbonyl (C=O) groups is 2. The minimum atomic E-state index is -0.773. The Kier molecular flexibility index (Phi) is 7.03. The summed E-state index contributed by atoms with van der Waals surface area (Å²) < 4.78 is 5.76. The summed E-state index contributed by atoms with van der Waals surface area (Å²) in [5.74, 6) is -0.144. The van der Waals surface area contributed by atoms with Crippen LogP contribution < -0.4 is 15.6 Å². The molecule has 2 amide bonds. The first-order chi connectivity index (χ1) is 14.5. The molecule has 6 nitrogen and oxygen atoms in total. The predicted octanol–water partition coefficient (Wildman–Crippen LogP) is 3.45. The van der Waals surface area contributed by atoms with Crippen LogP contribution in [0.2, 0.25) is 0 Å². The summed E-state index contributed by atoms with van der Waals surface area (Å²) >= 11 is 0. The normalized spacial score (nSPS) is 12.9. The molecule has 0 spiro atoms. The Morgan fingerprint density at radius 1 is 0.900 bits per heavy atom.